The summed E-state index contributed by atoms with van der Waals surface area (Å²) in [7, 11) is 0. The van der Waals surface area contributed by atoms with E-state index in [1.165, 1.54) is 4.90 Å². The molecular formula is C41H60N4O9. The average molecular weight is 753 g/mol. The SMILES string of the molecule is CC(C)(C)C(=O)[C@H](OCNC(=O)CCC(=O)[C@H](Cc1ccccc1)NC(=O)CCC(=O)CNC(=O)CCCCCN1C(=O)CC(C(C)(C)C)C1=O)C1CC1. The highest BCUT2D eigenvalue weighted by Crippen LogP contribution is 2.38. The number of benzene rings is 1. The number of unbranched alkanes of at least 4 members (excludes halogenated alkanes) is 2. The Morgan fingerprint density at radius 3 is 2.06 bits per heavy atom. The molecule has 0 bridgehead atoms. The minimum atomic E-state index is -0.913. The number of ether oxygens (including phenoxy) is 1. The fourth-order valence-corrected chi connectivity index (χ4v) is 6.28. The van der Waals surface area contributed by atoms with Crippen LogP contribution in [0.25, 0.3) is 0 Å². The molecule has 0 spiro atoms. The smallest absolute Gasteiger partial charge is 0.233 e. The van der Waals surface area contributed by atoms with Crippen molar-refractivity contribution in [1.29, 1.82) is 0 Å². The molecule has 1 saturated carbocycles. The topological polar surface area (TPSA) is 185 Å². The lowest BCUT2D eigenvalue weighted by molar-refractivity contribution is -0.142. The Morgan fingerprint density at radius 2 is 1.44 bits per heavy atom. The van der Waals surface area contributed by atoms with E-state index in [9.17, 15) is 38.4 Å². The highest BCUT2D eigenvalue weighted by molar-refractivity contribution is 6.03. The lowest BCUT2D eigenvalue weighted by Crippen LogP contribution is -2.43. The van der Waals surface area contributed by atoms with Gasteiger partial charge in [-0.15, -0.1) is 0 Å². The van der Waals surface area contributed by atoms with E-state index in [0.29, 0.717) is 25.8 Å². The van der Waals surface area contributed by atoms with Crippen LogP contribution in [0.5, 0.6) is 0 Å². The largest absolute Gasteiger partial charge is 0.350 e. The number of hydrogen-bond acceptors (Lipinski definition) is 9. The minimum absolute atomic E-state index is 0.00817. The molecule has 298 valence electrons. The zero-order valence-electron chi connectivity index (χ0n) is 32.9. The van der Waals surface area contributed by atoms with Crippen LogP contribution in [-0.4, -0.2) is 83.8 Å². The van der Waals surface area contributed by atoms with Gasteiger partial charge >= 0.3 is 0 Å². The summed E-state index contributed by atoms with van der Waals surface area (Å²) in [5.41, 5.74) is -0.0274. The van der Waals surface area contributed by atoms with Gasteiger partial charge < -0.3 is 20.7 Å². The van der Waals surface area contributed by atoms with Crippen molar-refractivity contribution >= 4 is 46.9 Å². The molecule has 13 nitrogen and oxygen atoms in total. The van der Waals surface area contributed by atoms with Gasteiger partial charge in [0.1, 0.15) is 12.8 Å². The van der Waals surface area contributed by atoms with Crippen LogP contribution in [0.15, 0.2) is 30.3 Å². The Labute approximate surface area is 319 Å². The Morgan fingerprint density at radius 1 is 0.796 bits per heavy atom. The Kier molecular flexibility index (Phi) is 16.7. The van der Waals surface area contributed by atoms with Crippen molar-refractivity contribution in [2.45, 2.75) is 131 Å². The van der Waals surface area contributed by atoms with E-state index >= 15 is 0 Å². The summed E-state index contributed by atoms with van der Waals surface area (Å²) >= 11 is 0. The average Bonchev–Trinajstić information content (AvgIpc) is 3.90. The van der Waals surface area contributed by atoms with Gasteiger partial charge in [-0.2, -0.15) is 0 Å². The number of Topliss-reactive ketones (excluding diaryl/α,β-unsaturated/α-hetero) is 3. The maximum absolute atomic E-state index is 13.2. The number of carbonyl (C=O) groups is 8. The van der Waals surface area contributed by atoms with Crippen molar-refractivity contribution in [2.24, 2.45) is 22.7 Å². The Bertz CT molecular complexity index is 1510. The predicted octanol–water partition coefficient (Wildman–Crippen LogP) is 3.99. The molecule has 1 aromatic carbocycles. The van der Waals surface area contributed by atoms with Crippen molar-refractivity contribution < 1.29 is 43.1 Å². The van der Waals surface area contributed by atoms with Crippen LogP contribution in [0.3, 0.4) is 0 Å². The van der Waals surface area contributed by atoms with E-state index in [2.05, 4.69) is 16.0 Å². The predicted molar refractivity (Wildman–Crippen MR) is 201 cm³/mol. The van der Waals surface area contributed by atoms with Crippen molar-refractivity contribution in [2.75, 3.05) is 19.8 Å². The van der Waals surface area contributed by atoms with Gasteiger partial charge in [0.15, 0.2) is 17.3 Å². The monoisotopic (exact) mass is 752 g/mol. The third kappa shape index (κ3) is 14.9. The number of nitrogens with one attached hydrogen (secondary N) is 3. The molecule has 2 aliphatic rings. The standard InChI is InChI=1S/C41H60N4O9/c1-40(2,3)30-24-36(51)45(39(30)53)22-12-8-11-15-33(48)42-25-29(46)18-20-35(50)44-31(23-27-13-9-7-10-14-27)32(47)19-21-34(49)43-26-54-37(28-16-17-28)38(52)41(4,5)6/h7,9-10,13-14,28,30-31,37H,8,11-12,15-26H2,1-6H3,(H,42,48)(H,43,49)(H,44,50)/t30?,31-,37+/m0/s1. The molecule has 0 aromatic heterocycles. The zero-order chi connectivity index (χ0) is 40.1. The molecule has 1 aliphatic carbocycles. The van der Waals surface area contributed by atoms with Gasteiger partial charge in [0.25, 0.3) is 0 Å². The maximum atomic E-state index is 13.2. The molecular weight excluding hydrogens is 692 g/mol. The summed E-state index contributed by atoms with van der Waals surface area (Å²) in [6.45, 7) is 11.3. The molecule has 3 rings (SSSR count). The molecule has 1 saturated heterocycles. The summed E-state index contributed by atoms with van der Waals surface area (Å²) in [6, 6.07) is 8.22. The van der Waals surface area contributed by atoms with Crippen LogP contribution >= 0.6 is 0 Å². The van der Waals surface area contributed by atoms with Gasteiger partial charge in [-0.3, -0.25) is 43.3 Å². The van der Waals surface area contributed by atoms with Crippen LogP contribution in [0.1, 0.15) is 118 Å². The fourth-order valence-electron chi connectivity index (χ4n) is 6.28. The molecule has 3 atom stereocenters. The third-order valence-corrected chi connectivity index (χ3v) is 9.87. The van der Waals surface area contributed by atoms with Crippen LogP contribution in [0.4, 0.5) is 0 Å². The summed E-state index contributed by atoms with van der Waals surface area (Å²) in [4.78, 5) is 102. The molecule has 2 fully saturated rings. The van der Waals surface area contributed by atoms with Gasteiger partial charge in [-0.1, -0.05) is 78.3 Å². The first-order valence-electron chi connectivity index (χ1n) is 19.3. The number of ketones is 3. The van der Waals surface area contributed by atoms with Crippen LogP contribution < -0.4 is 16.0 Å². The first-order valence-corrected chi connectivity index (χ1v) is 19.3. The fraction of sp³-hybridized carbons (Fsp3) is 0.659. The quantitative estimate of drug-likeness (QED) is 0.0845. The van der Waals surface area contributed by atoms with E-state index in [-0.39, 0.29) is 111 Å². The number of rotatable bonds is 23. The third-order valence-electron chi connectivity index (χ3n) is 9.87. The normalized spacial score (nSPS) is 17.1. The number of imide groups is 1. The first-order chi connectivity index (χ1) is 25.4. The second-order valence-corrected chi connectivity index (χ2v) is 16.7. The van der Waals surface area contributed by atoms with Crippen molar-refractivity contribution in [3.05, 3.63) is 35.9 Å². The molecule has 3 N–H and O–H groups in total. The number of likely N-dealkylation sites (tertiary alicyclic amines) is 1. The van der Waals surface area contributed by atoms with Crippen LogP contribution in [0, 0.1) is 22.7 Å². The highest BCUT2D eigenvalue weighted by Gasteiger charge is 2.44. The second-order valence-electron chi connectivity index (χ2n) is 16.7. The Hall–Kier alpha value is -4.26. The van der Waals surface area contributed by atoms with E-state index in [1.54, 1.807) is 0 Å². The summed E-state index contributed by atoms with van der Waals surface area (Å²) in [6.07, 6.45) is 3.06. The molecule has 13 heteroatoms. The van der Waals surface area contributed by atoms with Crippen LogP contribution in [-0.2, 0) is 49.5 Å². The molecule has 0 radical (unpaired) electrons. The summed E-state index contributed by atoms with van der Waals surface area (Å²) < 4.78 is 5.75. The summed E-state index contributed by atoms with van der Waals surface area (Å²) in [5.74, 6) is -2.35. The zero-order valence-corrected chi connectivity index (χ0v) is 32.9. The van der Waals surface area contributed by atoms with E-state index in [1.807, 2.05) is 71.9 Å². The second kappa shape index (κ2) is 20.4. The van der Waals surface area contributed by atoms with Crippen molar-refractivity contribution in [3.8, 4) is 0 Å². The van der Waals surface area contributed by atoms with E-state index in [0.717, 1.165) is 18.4 Å². The van der Waals surface area contributed by atoms with E-state index < -0.39 is 29.4 Å². The Balaban J connectivity index is 1.35. The number of amides is 5. The lowest BCUT2D eigenvalue weighted by Gasteiger charge is -2.24. The first kappa shape index (κ1) is 44.1. The highest BCUT2D eigenvalue weighted by atomic mass is 16.5. The molecule has 1 heterocycles. The molecule has 5 amide bonds. The number of carbonyl (C=O) groups excluding carboxylic acids is 8. The molecule has 54 heavy (non-hydrogen) atoms. The van der Waals surface area contributed by atoms with Crippen molar-refractivity contribution in [1.82, 2.24) is 20.9 Å². The van der Waals surface area contributed by atoms with Crippen molar-refractivity contribution in [3.63, 3.8) is 0 Å². The maximum Gasteiger partial charge on any atom is 0.233 e. The molecule has 1 unspecified atom stereocenters. The van der Waals surface area contributed by atoms with Gasteiger partial charge in [-0.25, -0.2) is 0 Å². The van der Waals surface area contributed by atoms with Gasteiger partial charge in [0.05, 0.1) is 18.5 Å². The number of hydrogen-bond donors (Lipinski definition) is 3. The summed E-state index contributed by atoms with van der Waals surface area (Å²) in [5, 5.41) is 7.93. The minimum Gasteiger partial charge on any atom is -0.350 e. The van der Waals surface area contributed by atoms with Gasteiger partial charge in [0.2, 0.25) is 29.5 Å². The molecule has 1 aliphatic heterocycles. The van der Waals surface area contributed by atoms with Gasteiger partial charge in [-0.05, 0) is 49.0 Å². The lowest BCUT2D eigenvalue weighted by atomic mass is 9.80. The van der Waals surface area contributed by atoms with Crippen LogP contribution in [0.2, 0.25) is 0 Å². The number of nitrogens with zero attached hydrogens (tertiary/aromatic N) is 1. The van der Waals surface area contributed by atoms with E-state index in [4.69, 9.17) is 4.74 Å². The molecule has 1 aromatic rings. The van der Waals surface area contributed by atoms with Gasteiger partial charge in [0, 0.05) is 50.5 Å².